The third-order valence-electron chi connectivity index (χ3n) is 2.11. The Morgan fingerprint density at radius 3 is 3.00 bits per heavy atom. The number of rotatable bonds is 5. The fourth-order valence-electron chi connectivity index (χ4n) is 1.30. The summed E-state index contributed by atoms with van der Waals surface area (Å²) in [4.78, 5) is 4.04. The number of aromatic nitrogens is 1. The summed E-state index contributed by atoms with van der Waals surface area (Å²) in [6.07, 6.45) is 3.67. The third-order valence-corrected chi connectivity index (χ3v) is 2.11. The number of hydrogen-bond donors (Lipinski definition) is 1. The number of nitrogens with one attached hydrogen (secondary N) is 1. The van der Waals surface area contributed by atoms with E-state index in [1.807, 2.05) is 12.3 Å². The lowest BCUT2D eigenvalue weighted by atomic mass is 10.2. The molecular weight excluding hydrogens is 176 g/mol. The monoisotopic (exact) mass is 194 g/mol. The summed E-state index contributed by atoms with van der Waals surface area (Å²) in [5.41, 5.74) is 2.33. The maximum atomic E-state index is 5.07. The SMILES string of the molecule is COCC(C)CNc1ccncc1C. The fourth-order valence-corrected chi connectivity index (χ4v) is 1.30. The molecule has 1 aromatic rings. The van der Waals surface area contributed by atoms with E-state index in [-0.39, 0.29) is 0 Å². The second kappa shape index (κ2) is 5.60. The van der Waals surface area contributed by atoms with E-state index in [0.29, 0.717) is 5.92 Å². The minimum absolute atomic E-state index is 0.521. The van der Waals surface area contributed by atoms with Crippen molar-refractivity contribution in [1.29, 1.82) is 0 Å². The molecule has 0 radical (unpaired) electrons. The van der Waals surface area contributed by atoms with Gasteiger partial charge in [0.15, 0.2) is 0 Å². The van der Waals surface area contributed by atoms with Gasteiger partial charge in [-0.15, -0.1) is 0 Å². The van der Waals surface area contributed by atoms with Gasteiger partial charge in [0.1, 0.15) is 0 Å². The van der Waals surface area contributed by atoms with Crippen LogP contribution in [0, 0.1) is 12.8 Å². The molecule has 1 rings (SSSR count). The number of methoxy groups -OCH3 is 1. The quantitative estimate of drug-likeness (QED) is 0.779. The molecule has 78 valence electrons. The Balaban J connectivity index is 2.41. The molecule has 0 saturated carbocycles. The van der Waals surface area contributed by atoms with E-state index in [9.17, 15) is 0 Å². The van der Waals surface area contributed by atoms with Gasteiger partial charge < -0.3 is 10.1 Å². The highest BCUT2D eigenvalue weighted by molar-refractivity contribution is 5.48. The molecule has 1 heterocycles. The Morgan fingerprint density at radius 2 is 2.36 bits per heavy atom. The molecule has 1 unspecified atom stereocenters. The van der Waals surface area contributed by atoms with Crippen LogP contribution in [0.5, 0.6) is 0 Å². The topological polar surface area (TPSA) is 34.1 Å². The first-order valence-corrected chi connectivity index (χ1v) is 4.87. The van der Waals surface area contributed by atoms with Crippen LogP contribution >= 0.6 is 0 Å². The number of aryl methyl sites for hydroxylation is 1. The van der Waals surface area contributed by atoms with Crippen LogP contribution in [0.3, 0.4) is 0 Å². The number of hydrogen-bond acceptors (Lipinski definition) is 3. The van der Waals surface area contributed by atoms with Crippen LogP contribution in [0.15, 0.2) is 18.5 Å². The number of nitrogens with zero attached hydrogens (tertiary/aromatic N) is 1. The van der Waals surface area contributed by atoms with Gasteiger partial charge in [-0.3, -0.25) is 4.98 Å². The van der Waals surface area contributed by atoms with Gasteiger partial charge in [0.05, 0.1) is 6.61 Å². The van der Waals surface area contributed by atoms with Crippen molar-refractivity contribution >= 4 is 5.69 Å². The molecule has 1 aromatic heterocycles. The molecule has 0 aliphatic rings. The van der Waals surface area contributed by atoms with Gasteiger partial charge in [0.25, 0.3) is 0 Å². The summed E-state index contributed by atoms with van der Waals surface area (Å²) in [6.45, 7) is 5.93. The lowest BCUT2D eigenvalue weighted by Crippen LogP contribution is -2.16. The predicted molar refractivity (Wildman–Crippen MR) is 58.5 cm³/mol. The Kier molecular flexibility index (Phi) is 4.40. The summed E-state index contributed by atoms with van der Waals surface area (Å²) in [5, 5.41) is 3.38. The molecule has 0 amide bonds. The molecular formula is C11H18N2O. The van der Waals surface area contributed by atoms with Crippen molar-refractivity contribution in [3.8, 4) is 0 Å². The van der Waals surface area contributed by atoms with Gasteiger partial charge in [-0.25, -0.2) is 0 Å². The van der Waals surface area contributed by atoms with Gasteiger partial charge in [0.2, 0.25) is 0 Å². The van der Waals surface area contributed by atoms with E-state index < -0.39 is 0 Å². The lowest BCUT2D eigenvalue weighted by molar-refractivity contribution is 0.164. The molecule has 1 N–H and O–H groups in total. The van der Waals surface area contributed by atoms with Gasteiger partial charge in [0, 0.05) is 31.7 Å². The van der Waals surface area contributed by atoms with Crippen molar-refractivity contribution in [2.45, 2.75) is 13.8 Å². The smallest absolute Gasteiger partial charge is 0.0504 e. The average Bonchev–Trinajstić information content (AvgIpc) is 2.17. The van der Waals surface area contributed by atoms with Crippen molar-refractivity contribution in [3.05, 3.63) is 24.0 Å². The van der Waals surface area contributed by atoms with E-state index in [1.54, 1.807) is 13.3 Å². The first-order chi connectivity index (χ1) is 6.74. The zero-order valence-electron chi connectivity index (χ0n) is 9.08. The molecule has 1 atom stereocenters. The van der Waals surface area contributed by atoms with E-state index in [4.69, 9.17) is 4.74 Å². The zero-order chi connectivity index (χ0) is 10.4. The largest absolute Gasteiger partial charge is 0.384 e. The Hall–Kier alpha value is -1.09. The van der Waals surface area contributed by atoms with E-state index >= 15 is 0 Å². The van der Waals surface area contributed by atoms with Gasteiger partial charge in [-0.2, -0.15) is 0 Å². The molecule has 3 nitrogen and oxygen atoms in total. The summed E-state index contributed by atoms with van der Waals surface area (Å²) in [6, 6.07) is 1.99. The molecule has 14 heavy (non-hydrogen) atoms. The zero-order valence-corrected chi connectivity index (χ0v) is 9.08. The molecule has 0 spiro atoms. The van der Waals surface area contributed by atoms with Crippen LogP contribution in [0.2, 0.25) is 0 Å². The van der Waals surface area contributed by atoms with Crippen molar-refractivity contribution in [2.24, 2.45) is 5.92 Å². The van der Waals surface area contributed by atoms with Gasteiger partial charge >= 0.3 is 0 Å². The number of pyridine rings is 1. The predicted octanol–water partition coefficient (Wildman–Crippen LogP) is 2.08. The van der Waals surface area contributed by atoms with Crippen molar-refractivity contribution in [1.82, 2.24) is 4.98 Å². The standard InChI is InChI=1S/C11H18N2O/c1-9(8-14-3)6-13-11-4-5-12-7-10(11)2/h4-5,7,9H,6,8H2,1-3H3,(H,12,13). The minimum Gasteiger partial charge on any atom is -0.384 e. The first kappa shape index (κ1) is 11.0. The van der Waals surface area contributed by atoms with Gasteiger partial charge in [-0.05, 0) is 24.5 Å². The van der Waals surface area contributed by atoms with Crippen molar-refractivity contribution < 1.29 is 4.74 Å². The van der Waals surface area contributed by atoms with Crippen molar-refractivity contribution in [3.63, 3.8) is 0 Å². The van der Waals surface area contributed by atoms with Crippen LogP contribution < -0.4 is 5.32 Å². The molecule has 0 aliphatic carbocycles. The van der Waals surface area contributed by atoms with Gasteiger partial charge in [-0.1, -0.05) is 6.92 Å². The Labute approximate surface area is 85.5 Å². The molecule has 0 fully saturated rings. The van der Waals surface area contributed by atoms with Crippen molar-refractivity contribution in [2.75, 3.05) is 25.6 Å². The third kappa shape index (κ3) is 3.34. The average molecular weight is 194 g/mol. The lowest BCUT2D eigenvalue weighted by Gasteiger charge is -2.13. The Bertz CT molecular complexity index is 276. The second-order valence-electron chi connectivity index (χ2n) is 3.63. The van der Waals surface area contributed by atoms with Crippen LogP contribution in [0.1, 0.15) is 12.5 Å². The summed E-state index contributed by atoms with van der Waals surface area (Å²) in [5.74, 6) is 0.521. The summed E-state index contributed by atoms with van der Waals surface area (Å²) < 4.78 is 5.07. The maximum absolute atomic E-state index is 5.07. The molecule has 3 heteroatoms. The molecule has 0 aromatic carbocycles. The minimum atomic E-state index is 0.521. The highest BCUT2D eigenvalue weighted by atomic mass is 16.5. The molecule has 0 saturated heterocycles. The number of anilines is 1. The second-order valence-corrected chi connectivity index (χ2v) is 3.63. The first-order valence-electron chi connectivity index (χ1n) is 4.87. The molecule has 0 aliphatic heterocycles. The van der Waals surface area contributed by atoms with E-state index in [2.05, 4.69) is 24.1 Å². The van der Waals surface area contributed by atoms with E-state index in [1.165, 1.54) is 5.56 Å². The highest BCUT2D eigenvalue weighted by Gasteiger charge is 2.02. The summed E-state index contributed by atoms with van der Waals surface area (Å²) >= 11 is 0. The van der Waals surface area contributed by atoms with E-state index in [0.717, 1.165) is 18.8 Å². The normalized spacial score (nSPS) is 12.5. The van der Waals surface area contributed by atoms with Crippen LogP contribution in [-0.2, 0) is 4.74 Å². The fraction of sp³-hybridized carbons (Fsp3) is 0.545. The van der Waals surface area contributed by atoms with Crippen LogP contribution in [-0.4, -0.2) is 25.2 Å². The number of ether oxygens (including phenoxy) is 1. The maximum Gasteiger partial charge on any atom is 0.0504 e. The molecule has 0 bridgehead atoms. The van der Waals surface area contributed by atoms with Crippen LogP contribution in [0.25, 0.3) is 0 Å². The Morgan fingerprint density at radius 1 is 1.57 bits per heavy atom. The van der Waals surface area contributed by atoms with Crippen LogP contribution in [0.4, 0.5) is 5.69 Å². The highest BCUT2D eigenvalue weighted by Crippen LogP contribution is 2.12. The summed E-state index contributed by atoms with van der Waals surface area (Å²) in [7, 11) is 1.73.